The van der Waals surface area contributed by atoms with Gasteiger partial charge >= 0.3 is 0 Å². The molecule has 2 aromatic rings. The minimum atomic E-state index is -0.0148. The number of hydrogen-bond acceptors (Lipinski definition) is 5. The molecule has 1 amide bonds. The number of nitrogens with one attached hydrogen (secondary N) is 1. The molecule has 0 saturated carbocycles. The Morgan fingerprint density at radius 2 is 2.00 bits per heavy atom. The summed E-state index contributed by atoms with van der Waals surface area (Å²) in [6.45, 7) is 7.42. The number of rotatable bonds is 6. The molecular formula is C23H32N4O2S. The number of carbonyl (C=O) groups excluding carboxylic acids is 1. The molecule has 30 heavy (non-hydrogen) atoms. The van der Waals surface area contributed by atoms with Crippen LogP contribution in [0.1, 0.15) is 43.6 Å². The van der Waals surface area contributed by atoms with Crippen molar-refractivity contribution in [3.8, 4) is 11.3 Å². The van der Waals surface area contributed by atoms with Crippen LogP contribution in [0.15, 0.2) is 30.5 Å². The van der Waals surface area contributed by atoms with Crippen LogP contribution in [0.4, 0.5) is 0 Å². The zero-order valence-corrected chi connectivity index (χ0v) is 18.8. The number of piperidine rings is 1. The number of carbonyl (C=O) groups is 1. The van der Waals surface area contributed by atoms with Gasteiger partial charge in [0.2, 0.25) is 5.91 Å². The molecule has 2 fully saturated rings. The van der Waals surface area contributed by atoms with Gasteiger partial charge in [0, 0.05) is 26.2 Å². The van der Waals surface area contributed by atoms with E-state index in [1.165, 1.54) is 5.56 Å². The third-order valence-electron chi connectivity index (χ3n) is 6.17. The fraction of sp³-hybridized carbons (Fsp3) is 0.565. The largest absolute Gasteiger partial charge is 0.379 e. The van der Waals surface area contributed by atoms with Gasteiger partial charge in [-0.3, -0.25) is 9.69 Å². The van der Waals surface area contributed by atoms with Crippen molar-refractivity contribution in [1.29, 1.82) is 0 Å². The molecule has 7 heteroatoms. The maximum atomic E-state index is 12.8. The van der Waals surface area contributed by atoms with Crippen LogP contribution in [0.3, 0.4) is 0 Å². The van der Waals surface area contributed by atoms with E-state index in [9.17, 15) is 4.79 Å². The lowest BCUT2D eigenvalue weighted by Gasteiger charge is -2.36. The molecule has 0 radical (unpaired) electrons. The van der Waals surface area contributed by atoms with Crippen LogP contribution < -0.4 is 0 Å². The lowest BCUT2D eigenvalue weighted by atomic mass is 10.0. The Morgan fingerprint density at radius 3 is 2.73 bits per heavy atom. The average molecular weight is 429 g/mol. The summed E-state index contributed by atoms with van der Waals surface area (Å²) >= 11 is 1.61. The Hall–Kier alpha value is -1.83. The van der Waals surface area contributed by atoms with Crippen molar-refractivity contribution in [3.05, 3.63) is 41.9 Å². The third kappa shape index (κ3) is 4.90. The second-order valence-electron chi connectivity index (χ2n) is 8.19. The number of H-pyrrole nitrogens is 1. The van der Waals surface area contributed by atoms with E-state index in [1.807, 2.05) is 24.3 Å². The number of morpholine rings is 1. The van der Waals surface area contributed by atoms with Crippen LogP contribution in [0, 0.1) is 0 Å². The molecular weight excluding hydrogens is 396 g/mol. The smallest absolute Gasteiger partial charge is 0.236 e. The number of benzene rings is 1. The molecule has 162 valence electrons. The standard InChI is InChI=1S/C23H32N4O2S/c1-17(30-2)23(28)27-10-4-3-5-21(27)22-24-15-20(25-22)19-8-6-18(7-9-19)16-26-11-13-29-14-12-26/h6-9,15,17,21H,3-5,10-14,16H2,1-2H3,(H,24,25). The number of likely N-dealkylation sites (tertiary alicyclic amines) is 1. The van der Waals surface area contributed by atoms with E-state index in [0.29, 0.717) is 0 Å². The molecule has 0 bridgehead atoms. The Balaban J connectivity index is 1.45. The van der Waals surface area contributed by atoms with Crippen molar-refractivity contribution in [2.75, 3.05) is 39.1 Å². The first-order chi connectivity index (χ1) is 14.7. The van der Waals surface area contributed by atoms with Gasteiger partial charge in [-0.1, -0.05) is 24.3 Å². The molecule has 1 aromatic carbocycles. The monoisotopic (exact) mass is 428 g/mol. The third-order valence-corrected chi connectivity index (χ3v) is 7.08. The molecule has 2 unspecified atom stereocenters. The van der Waals surface area contributed by atoms with Crippen molar-refractivity contribution < 1.29 is 9.53 Å². The van der Waals surface area contributed by atoms with Crippen LogP contribution in [-0.2, 0) is 16.1 Å². The van der Waals surface area contributed by atoms with E-state index in [0.717, 1.165) is 75.7 Å². The first kappa shape index (κ1) is 21.4. The first-order valence-corrected chi connectivity index (χ1v) is 12.2. The zero-order chi connectivity index (χ0) is 20.9. The predicted octanol–water partition coefficient (Wildman–Crippen LogP) is 3.71. The number of aromatic amines is 1. The summed E-state index contributed by atoms with van der Waals surface area (Å²) in [6, 6.07) is 8.76. The second kappa shape index (κ2) is 9.98. The summed E-state index contributed by atoms with van der Waals surface area (Å²) in [5.41, 5.74) is 3.46. The van der Waals surface area contributed by atoms with Gasteiger partial charge in [-0.2, -0.15) is 11.8 Å². The molecule has 1 N–H and O–H groups in total. The SMILES string of the molecule is CSC(C)C(=O)N1CCCCC1c1ncc(-c2ccc(CN3CCOCC3)cc2)[nH]1. The van der Waals surface area contributed by atoms with Crippen molar-refractivity contribution in [2.45, 2.75) is 44.0 Å². The van der Waals surface area contributed by atoms with E-state index in [4.69, 9.17) is 4.74 Å². The van der Waals surface area contributed by atoms with Gasteiger partial charge in [-0.25, -0.2) is 4.98 Å². The number of amides is 1. The van der Waals surface area contributed by atoms with Gasteiger partial charge in [0.25, 0.3) is 0 Å². The van der Waals surface area contributed by atoms with Gasteiger partial charge in [0.05, 0.1) is 36.4 Å². The molecule has 0 spiro atoms. The lowest BCUT2D eigenvalue weighted by molar-refractivity contribution is -0.134. The summed E-state index contributed by atoms with van der Waals surface area (Å²) in [5.74, 6) is 1.13. The number of thioether (sulfide) groups is 1. The highest BCUT2D eigenvalue weighted by Crippen LogP contribution is 2.32. The van der Waals surface area contributed by atoms with Crippen molar-refractivity contribution in [1.82, 2.24) is 19.8 Å². The van der Waals surface area contributed by atoms with E-state index < -0.39 is 0 Å². The van der Waals surface area contributed by atoms with Gasteiger partial charge in [-0.15, -0.1) is 0 Å². The van der Waals surface area contributed by atoms with Gasteiger partial charge in [0.15, 0.2) is 0 Å². The fourth-order valence-corrected chi connectivity index (χ4v) is 4.61. The zero-order valence-electron chi connectivity index (χ0n) is 18.0. The molecule has 3 heterocycles. The van der Waals surface area contributed by atoms with Gasteiger partial charge in [0.1, 0.15) is 5.82 Å². The molecule has 2 saturated heterocycles. The number of nitrogens with zero attached hydrogens (tertiary/aromatic N) is 3. The highest BCUT2D eigenvalue weighted by atomic mass is 32.2. The summed E-state index contributed by atoms with van der Waals surface area (Å²) < 4.78 is 5.43. The topological polar surface area (TPSA) is 61.5 Å². The van der Waals surface area contributed by atoms with E-state index >= 15 is 0 Å². The highest BCUT2D eigenvalue weighted by Gasteiger charge is 2.32. The Kier molecular flexibility index (Phi) is 7.12. The van der Waals surface area contributed by atoms with Crippen LogP contribution >= 0.6 is 11.8 Å². The summed E-state index contributed by atoms with van der Waals surface area (Å²) in [4.78, 5) is 25.5. The maximum absolute atomic E-state index is 12.8. The quantitative estimate of drug-likeness (QED) is 0.760. The van der Waals surface area contributed by atoms with Crippen LogP contribution in [0.25, 0.3) is 11.3 Å². The van der Waals surface area contributed by atoms with Crippen molar-refractivity contribution >= 4 is 17.7 Å². The Bertz CT molecular complexity index is 832. The molecule has 2 atom stereocenters. The van der Waals surface area contributed by atoms with Crippen LogP contribution in [0.2, 0.25) is 0 Å². The minimum absolute atomic E-state index is 0.0148. The van der Waals surface area contributed by atoms with Crippen LogP contribution in [0.5, 0.6) is 0 Å². The van der Waals surface area contributed by atoms with E-state index in [1.54, 1.807) is 11.8 Å². The van der Waals surface area contributed by atoms with E-state index in [-0.39, 0.29) is 17.2 Å². The lowest BCUT2D eigenvalue weighted by Crippen LogP contribution is -2.42. The molecule has 6 nitrogen and oxygen atoms in total. The first-order valence-electron chi connectivity index (χ1n) is 10.9. The predicted molar refractivity (Wildman–Crippen MR) is 121 cm³/mol. The highest BCUT2D eigenvalue weighted by molar-refractivity contribution is 7.99. The van der Waals surface area contributed by atoms with Crippen molar-refractivity contribution in [3.63, 3.8) is 0 Å². The molecule has 0 aliphatic carbocycles. The molecule has 4 rings (SSSR count). The molecule has 2 aliphatic heterocycles. The molecule has 1 aromatic heterocycles. The number of hydrogen-bond donors (Lipinski definition) is 1. The Morgan fingerprint density at radius 1 is 1.23 bits per heavy atom. The number of imidazole rings is 1. The normalized spacial score (nSPS) is 21.5. The molecule has 2 aliphatic rings. The maximum Gasteiger partial charge on any atom is 0.236 e. The summed E-state index contributed by atoms with van der Waals surface area (Å²) in [6.07, 6.45) is 7.07. The average Bonchev–Trinajstić information content (AvgIpc) is 3.29. The summed E-state index contributed by atoms with van der Waals surface area (Å²) in [5, 5.41) is -0.0148. The van der Waals surface area contributed by atoms with Crippen LogP contribution in [-0.4, -0.2) is 70.0 Å². The number of ether oxygens (including phenoxy) is 1. The minimum Gasteiger partial charge on any atom is -0.379 e. The van der Waals surface area contributed by atoms with Gasteiger partial charge < -0.3 is 14.6 Å². The number of aromatic nitrogens is 2. The second-order valence-corrected chi connectivity index (χ2v) is 9.37. The van der Waals surface area contributed by atoms with E-state index in [2.05, 4.69) is 39.1 Å². The fourth-order valence-electron chi connectivity index (χ4n) is 4.27. The van der Waals surface area contributed by atoms with Gasteiger partial charge in [-0.05, 0) is 43.6 Å². The van der Waals surface area contributed by atoms with Crippen molar-refractivity contribution in [2.24, 2.45) is 0 Å². The Labute approximate surface area is 183 Å². The summed E-state index contributed by atoms with van der Waals surface area (Å²) in [7, 11) is 0.